The summed E-state index contributed by atoms with van der Waals surface area (Å²) in [7, 11) is 3.05. The summed E-state index contributed by atoms with van der Waals surface area (Å²) in [6.07, 6.45) is -2.26. The molecule has 0 N–H and O–H groups in total. The van der Waals surface area contributed by atoms with E-state index < -0.39 is 17.2 Å². The Kier molecular flexibility index (Phi) is 6.27. The number of nitrogens with zero attached hydrogens (tertiary/aromatic N) is 2. The lowest BCUT2D eigenvalue weighted by atomic mass is 9.87. The van der Waals surface area contributed by atoms with Gasteiger partial charge >= 0.3 is 12.1 Å². The van der Waals surface area contributed by atoms with Crippen molar-refractivity contribution in [3.05, 3.63) is 68.3 Å². The molecule has 1 saturated heterocycles. The molecule has 0 spiro atoms. The second-order valence-corrected chi connectivity index (χ2v) is 10.9. The maximum Gasteiger partial charge on any atom is 0.416 e. The van der Waals surface area contributed by atoms with Crippen LogP contribution in [0.5, 0.6) is 0 Å². The second-order valence-electron chi connectivity index (χ2n) is 10.1. The fraction of sp³-hybridized carbons (Fsp3) is 0.407. The Morgan fingerprint density at radius 2 is 1.92 bits per heavy atom. The zero-order valence-corrected chi connectivity index (χ0v) is 22.0. The third-order valence-electron chi connectivity index (χ3n) is 7.95. The molecule has 1 aliphatic heterocycles. The van der Waals surface area contributed by atoms with Crippen molar-refractivity contribution in [2.45, 2.75) is 44.8 Å². The van der Waals surface area contributed by atoms with Crippen LogP contribution in [0, 0.1) is 12.3 Å². The van der Waals surface area contributed by atoms with Gasteiger partial charge in [0, 0.05) is 47.7 Å². The zero-order chi connectivity index (χ0) is 26.9. The fourth-order valence-electron chi connectivity index (χ4n) is 5.92. The smallest absolute Gasteiger partial charge is 0.416 e. The predicted molar refractivity (Wildman–Crippen MR) is 135 cm³/mol. The van der Waals surface area contributed by atoms with Crippen molar-refractivity contribution >= 4 is 46.0 Å². The number of rotatable bonds is 4. The standard InChI is InChI=1S/C27H25Cl2F3N2O3/c1-14-8-15(27(30,31)32)9-22-19(14)10-17(33(22)2)11-20-21(28)5-4-18(23(20)29)24(35)34-13-26(25(36)37-3)7-6-16(34)12-26/h4-5,8-10,16H,6-7,11-13H2,1-3H3/t16-,26-/m1/s1. The number of halogens is 5. The minimum absolute atomic E-state index is 0.0641. The van der Waals surface area contributed by atoms with Gasteiger partial charge in [0.05, 0.1) is 28.7 Å². The van der Waals surface area contributed by atoms with Crippen LogP contribution in [0.4, 0.5) is 13.2 Å². The van der Waals surface area contributed by atoms with E-state index in [0.717, 1.165) is 12.1 Å². The van der Waals surface area contributed by atoms with E-state index in [1.165, 1.54) is 7.11 Å². The summed E-state index contributed by atoms with van der Waals surface area (Å²) < 4.78 is 46.8. The molecule has 1 amide bonds. The molecule has 196 valence electrons. The average Bonchev–Trinajstić information content (AvgIpc) is 3.53. The van der Waals surface area contributed by atoms with Crippen molar-refractivity contribution in [2.24, 2.45) is 12.5 Å². The molecule has 2 heterocycles. The van der Waals surface area contributed by atoms with Crippen LogP contribution in [-0.4, -0.2) is 41.0 Å². The van der Waals surface area contributed by atoms with Gasteiger partial charge in [0.25, 0.3) is 5.91 Å². The molecule has 2 aliphatic rings. The van der Waals surface area contributed by atoms with Crippen molar-refractivity contribution in [1.82, 2.24) is 9.47 Å². The molecule has 0 unspecified atom stereocenters. The lowest BCUT2D eigenvalue weighted by molar-refractivity contribution is -0.152. The van der Waals surface area contributed by atoms with Gasteiger partial charge in [0.2, 0.25) is 0 Å². The molecule has 1 saturated carbocycles. The predicted octanol–water partition coefficient (Wildman–Crippen LogP) is 6.57. The maximum atomic E-state index is 13.5. The normalized spacial score (nSPS) is 21.2. The number of likely N-dealkylation sites (tertiary alicyclic amines) is 1. The molecular formula is C27H25Cl2F3N2O3. The molecule has 5 rings (SSSR count). The topological polar surface area (TPSA) is 51.5 Å². The summed E-state index contributed by atoms with van der Waals surface area (Å²) in [4.78, 5) is 27.6. The van der Waals surface area contributed by atoms with Crippen LogP contribution in [-0.2, 0) is 29.2 Å². The number of hydrogen-bond acceptors (Lipinski definition) is 3. The molecular weight excluding hydrogens is 528 g/mol. The summed E-state index contributed by atoms with van der Waals surface area (Å²) in [6.45, 7) is 1.92. The highest BCUT2D eigenvalue weighted by molar-refractivity contribution is 6.38. The van der Waals surface area contributed by atoms with Crippen LogP contribution in [0.15, 0.2) is 30.3 Å². The van der Waals surface area contributed by atoms with Crippen molar-refractivity contribution in [2.75, 3.05) is 13.7 Å². The number of fused-ring (bicyclic) bond motifs is 3. The number of piperidine rings is 1. The van der Waals surface area contributed by atoms with E-state index in [9.17, 15) is 22.8 Å². The minimum atomic E-state index is -4.45. The van der Waals surface area contributed by atoms with Gasteiger partial charge < -0.3 is 14.2 Å². The van der Waals surface area contributed by atoms with Gasteiger partial charge in [-0.2, -0.15) is 13.2 Å². The van der Waals surface area contributed by atoms with Crippen LogP contribution in [0.1, 0.15) is 52.0 Å². The third-order valence-corrected chi connectivity index (χ3v) is 8.73. The summed E-state index contributed by atoms with van der Waals surface area (Å²) in [5.74, 6) is -0.575. The van der Waals surface area contributed by atoms with Gasteiger partial charge in [-0.15, -0.1) is 0 Å². The van der Waals surface area contributed by atoms with Gasteiger partial charge in [0.15, 0.2) is 0 Å². The molecule has 0 radical (unpaired) electrons. The molecule has 5 nitrogen and oxygen atoms in total. The first-order chi connectivity index (χ1) is 17.4. The Morgan fingerprint density at radius 3 is 2.59 bits per heavy atom. The van der Waals surface area contributed by atoms with E-state index >= 15 is 0 Å². The summed E-state index contributed by atoms with van der Waals surface area (Å²) >= 11 is 13.2. The number of carbonyl (C=O) groups is 2. The second kappa shape index (κ2) is 8.95. The first kappa shape index (κ1) is 25.9. The number of ether oxygens (including phenoxy) is 1. The van der Waals surface area contributed by atoms with Gasteiger partial charge in [-0.1, -0.05) is 23.2 Å². The summed E-state index contributed by atoms with van der Waals surface area (Å²) in [5, 5.41) is 1.25. The molecule has 3 aromatic rings. The van der Waals surface area contributed by atoms with Gasteiger partial charge in [-0.05, 0) is 67.6 Å². The first-order valence-corrected chi connectivity index (χ1v) is 12.6. The Labute approximate surface area is 222 Å². The average molecular weight is 553 g/mol. The fourth-order valence-corrected chi connectivity index (χ4v) is 6.51. The van der Waals surface area contributed by atoms with Gasteiger partial charge in [-0.3, -0.25) is 9.59 Å². The molecule has 37 heavy (non-hydrogen) atoms. The number of carbonyl (C=O) groups excluding carboxylic acids is 2. The minimum Gasteiger partial charge on any atom is -0.469 e. The Morgan fingerprint density at radius 1 is 1.19 bits per heavy atom. The molecule has 2 aromatic carbocycles. The first-order valence-electron chi connectivity index (χ1n) is 11.9. The lowest BCUT2D eigenvalue weighted by Crippen LogP contribution is -2.42. The number of aryl methyl sites for hydroxylation is 2. The van der Waals surface area contributed by atoms with Crippen LogP contribution < -0.4 is 0 Å². The quantitative estimate of drug-likeness (QED) is 0.344. The molecule has 1 aromatic heterocycles. The summed E-state index contributed by atoms with van der Waals surface area (Å²) in [6, 6.07) is 7.21. The largest absolute Gasteiger partial charge is 0.469 e. The van der Waals surface area contributed by atoms with Crippen LogP contribution in [0.2, 0.25) is 10.0 Å². The Balaban J connectivity index is 1.48. The van der Waals surface area contributed by atoms with E-state index in [0.29, 0.717) is 52.0 Å². The number of aromatic nitrogens is 1. The highest BCUT2D eigenvalue weighted by Gasteiger charge is 2.56. The van der Waals surface area contributed by atoms with Crippen molar-refractivity contribution in [3.63, 3.8) is 0 Å². The van der Waals surface area contributed by atoms with Crippen LogP contribution in [0.3, 0.4) is 0 Å². The van der Waals surface area contributed by atoms with E-state index in [1.807, 2.05) is 6.07 Å². The van der Waals surface area contributed by atoms with E-state index in [1.54, 1.807) is 35.6 Å². The number of benzene rings is 2. The highest BCUT2D eigenvalue weighted by Crippen LogP contribution is 2.49. The zero-order valence-electron chi connectivity index (χ0n) is 20.5. The van der Waals surface area contributed by atoms with Crippen molar-refractivity contribution in [1.29, 1.82) is 0 Å². The highest BCUT2D eigenvalue weighted by atomic mass is 35.5. The third kappa shape index (κ3) is 4.18. The van der Waals surface area contributed by atoms with E-state index in [4.69, 9.17) is 27.9 Å². The molecule has 2 fully saturated rings. The number of hydrogen-bond donors (Lipinski definition) is 0. The van der Waals surface area contributed by atoms with Crippen LogP contribution >= 0.6 is 23.2 Å². The SMILES string of the molecule is COC(=O)[C@]12CC[C@H](C1)N(C(=O)c1ccc(Cl)c(Cc3cc4c(C)cc(C(F)(F)F)cc4n3C)c1Cl)C2. The number of alkyl halides is 3. The summed E-state index contributed by atoms with van der Waals surface area (Å²) in [5.41, 5.74) is 1.07. The van der Waals surface area contributed by atoms with Gasteiger partial charge in [-0.25, -0.2) is 0 Å². The number of methoxy groups -OCH3 is 1. The Hall–Kier alpha value is -2.71. The molecule has 2 atom stereocenters. The lowest BCUT2D eigenvalue weighted by Gasteiger charge is -2.31. The number of esters is 1. The number of amides is 1. The Bertz CT molecular complexity index is 1450. The van der Waals surface area contributed by atoms with Crippen molar-refractivity contribution < 1.29 is 27.5 Å². The monoisotopic (exact) mass is 552 g/mol. The maximum absolute atomic E-state index is 13.5. The van der Waals surface area contributed by atoms with Crippen molar-refractivity contribution in [3.8, 4) is 0 Å². The van der Waals surface area contributed by atoms with E-state index in [-0.39, 0.29) is 41.5 Å². The molecule has 1 aliphatic carbocycles. The van der Waals surface area contributed by atoms with Crippen LogP contribution in [0.25, 0.3) is 10.9 Å². The van der Waals surface area contributed by atoms with Gasteiger partial charge in [0.1, 0.15) is 0 Å². The van der Waals surface area contributed by atoms with E-state index in [2.05, 4.69) is 0 Å². The molecule has 10 heteroatoms. The molecule has 2 bridgehead atoms.